The standard InChI is InChI=1S/C21H25IN2O3/c1-26-19-13-17(18(22)14-20(19)27-2)21(25)24-10-6-9-23(11-12-24)15-16-7-4-3-5-8-16/h3-5,7-8,13-14H,6,9-12,15H2,1-2H3. The molecule has 1 aliphatic rings. The summed E-state index contributed by atoms with van der Waals surface area (Å²) in [5.41, 5.74) is 1.98. The fourth-order valence-corrected chi connectivity index (χ4v) is 4.03. The molecule has 0 radical (unpaired) electrons. The Labute approximate surface area is 174 Å². The Bertz CT molecular complexity index is 782. The molecule has 27 heavy (non-hydrogen) atoms. The summed E-state index contributed by atoms with van der Waals surface area (Å²) in [6.07, 6.45) is 0.975. The summed E-state index contributed by atoms with van der Waals surface area (Å²) in [5, 5.41) is 0. The molecule has 0 spiro atoms. The predicted octanol–water partition coefficient (Wildman–Crippen LogP) is 3.66. The van der Waals surface area contributed by atoms with Gasteiger partial charge in [-0.2, -0.15) is 0 Å². The molecule has 1 saturated heterocycles. The average Bonchev–Trinajstić information content (AvgIpc) is 2.93. The van der Waals surface area contributed by atoms with Crippen molar-refractivity contribution in [3.8, 4) is 11.5 Å². The Morgan fingerprint density at radius 3 is 2.41 bits per heavy atom. The lowest BCUT2D eigenvalue weighted by Gasteiger charge is -2.23. The Kier molecular flexibility index (Phi) is 6.95. The third-order valence-corrected chi connectivity index (χ3v) is 5.72. The Hall–Kier alpha value is -1.80. The zero-order valence-corrected chi connectivity index (χ0v) is 17.9. The summed E-state index contributed by atoms with van der Waals surface area (Å²) >= 11 is 2.19. The highest BCUT2D eigenvalue weighted by Gasteiger charge is 2.23. The lowest BCUT2D eigenvalue weighted by atomic mass is 10.1. The summed E-state index contributed by atoms with van der Waals surface area (Å²) in [6, 6.07) is 14.1. The smallest absolute Gasteiger partial charge is 0.255 e. The van der Waals surface area contributed by atoms with Crippen LogP contribution in [0.15, 0.2) is 42.5 Å². The van der Waals surface area contributed by atoms with Crippen molar-refractivity contribution < 1.29 is 14.3 Å². The molecule has 0 aliphatic carbocycles. The van der Waals surface area contributed by atoms with Crippen LogP contribution in [0, 0.1) is 3.57 Å². The van der Waals surface area contributed by atoms with Gasteiger partial charge in [-0.1, -0.05) is 30.3 Å². The molecule has 1 fully saturated rings. The molecular formula is C21H25IN2O3. The van der Waals surface area contributed by atoms with Crippen LogP contribution in [-0.4, -0.2) is 56.1 Å². The fraction of sp³-hybridized carbons (Fsp3) is 0.381. The third-order valence-electron chi connectivity index (χ3n) is 4.83. The van der Waals surface area contributed by atoms with Crippen molar-refractivity contribution in [2.75, 3.05) is 40.4 Å². The number of rotatable bonds is 5. The van der Waals surface area contributed by atoms with Gasteiger partial charge < -0.3 is 14.4 Å². The Balaban J connectivity index is 1.69. The van der Waals surface area contributed by atoms with Crippen LogP contribution >= 0.6 is 22.6 Å². The highest BCUT2D eigenvalue weighted by Crippen LogP contribution is 2.32. The molecule has 3 rings (SSSR count). The number of hydrogen-bond donors (Lipinski definition) is 0. The fourth-order valence-electron chi connectivity index (χ4n) is 3.36. The highest BCUT2D eigenvalue weighted by atomic mass is 127. The van der Waals surface area contributed by atoms with E-state index < -0.39 is 0 Å². The minimum absolute atomic E-state index is 0.0573. The van der Waals surface area contributed by atoms with Gasteiger partial charge in [0.2, 0.25) is 0 Å². The van der Waals surface area contributed by atoms with E-state index >= 15 is 0 Å². The maximum atomic E-state index is 13.1. The van der Waals surface area contributed by atoms with Crippen LogP contribution in [0.4, 0.5) is 0 Å². The molecular weight excluding hydrogens is 455 g/mol. The number of amides is 1. The molecule has 0 saturated carbocycles. The van der Waals surface area contributed by atoms with Crippen molar-refractivity contribution in [2.24, 2.45) is 0 Å². The van der Waals surface area contributed by atoms with Gasteiger partial charge in [0.15, 0.2) is 11.5 Å². The third kappa shape index (κ3) is 4.93. The number of carbonyl (C=O) groups excluding carboxylic acids is 1. The van der Waals surface area contributed by atoms with Gasteiger partial charge in [0.25, 0.3) is 5.91 Å². The first kappa shape index (κ1) is 19.9. The minimum atomic E-state index is 0.0573. The van der Waals surface area contributed by atoms with E-state index in [9.17, 15) is 4.79 Å². The molecule has 0 atom stereocenters. The molecule has 0 N–H and O–H groups in total. The van der Waals surface area contributed by atoms with Crippen LogP contribution in [0.5, 0.6) is 11.5 Å². The van der Waals surface area contributed by atoms with Gasteiger partial charge in [-0.05, 0) is 46.7 Å². The van der Waals surface area contributed by atoms with Crippen LogP contribution in [0.25, 0.3) is 0 Å². The van der Waals surface area contributed by atoms with Gasteiger partial charge in [-0.25, -0.2) is 0 Å². The first-order valence-electron chi connectivity index (χ1n) is 9.09. The molecule has 1 aliphatic heterocycles. The number of carbonyl (C=O) groups is 1. The van der Waals surface area contributed by atoms with E-state index in [1.54, 1.807) is 20.3 Å². The van der Waals surface area contributed by atoms with Crippen LogP contribution < -0.4 is 9.47 Å². The van der Waals surface area contributed by atoms with E-state index in [4.69, 9.17) is 9.47 Å². The van der Waals surface area contributed by atoms with Crippen molar-refractivity contribution >= 4 is 28.5 Å². The average molecular weight is 480 g/mol. The molecule has 0 aromatic heterocycles. The van der Waals surface area contributed by atoms with Crippen LogP contribution in [-0.2, 0) is 6.54 Å². The number of ether oxygens (including phenoxy) is 2. The van der Waals surface area contributed by atoms with E-state index in [1.165, 1.54) is 5.56 Å². The number of nitrogens with zero attached hydrogens (tertiary/aromatic N) is 2. The second kappa shape index (κ2) is 9.41. The van der Waals surface area contributed by atoms with Crippen LogP contribution in [0.3, 0.4) is 0 Å². The predicted molar refractivity (Wildman–Crippen MR) is 115 cm³/mol. The van der Waals surface area contributed by atoms with Gasteiger partial charge in [0.1, 0.15) is 0 Å². The second-order valence-electron chi connectivity index (χ2n) is 6.59. The van der Waals surface area contributed by atoms with E-state index in [2.05, 4.69) is 51.8 Å². The lowest BCUT2D eigenvalue weighted by molar-refractivity contribution is 0.0759. The lowest BCUT2D eigenvalue weighted by Crippen LogP contribution is -2.35. The van der Waals surface area contributed by atoms with Gasteiger partial charge in [-0.3, -0.25) is 9.69 Å². The topological polar surface area (TPSA) is 42.0 Å². The van der Waals surface area contributed by atoms with Crippen molar-refractivity contribution in [1.29, 1.82) is 0 Å². The molecule has 0 unspecified atom stereocenters. The van der Waals surface area contributed by atoms with Gasteiger partial charge in [0, 0.05) is 36.3 Å². The molecule has 2 aromatic carbocycles. The molecule has 1 amide bonds. The van der Waals surface area contributed by atoms with Gasteiger partial charge in [-0.15, -0.1) is 0 Å². The normalized spacial score (nSPS) is 15.3. The molecule has 144 valence electrons. The Morgan fingerprint density at radius 1 is 1.00 bits per heavy atom. The van der Waals surface area contributed by atoms with E-state index in [0.29, 0.717) is 17.1 Å². The van der Waals surface area contributed by atoms with E-state index in [0.717, 1.165) is 42.7 Å². The van der Waals surface area contributed by atoms with E-state index in [1.807, 2.05) is 17.0 Å². The highest BCUT2D eigenvalue weighted by molar-refractivity contribution is 14.1. The van der Waals surface area contributed by atoms with Crippen LogP contribution in [0.1, 0.15) is 22.3 Å². The first-order chi connectivity index (χ1) is 13.1. The molecule has 1 heterocycles. The first-order valence-corrected chi connectivity index (χ1v) is 10.2. The van der Waals surface area contributed by atoms with E-state index in [-0.39, 0.29) is 5.91 Å². The zero-order chi connectivity index (χ0) is 19.2. The number of benzene rings is 2. The summed E-state index contributed by atoms with van der Waals surface area (Å²) < 4.78 is 11.6. The monoisotopic (exact) mass is 480 g/mol. The van der Waals surface area contributed by atoms with Crippen molar-refractivity contribution in [1.82, 2.24) is 9.80 Å². The minimum Gasteiger partial charge on any atom is -0.493 e. The second-order valence-corrected chi connectivity index (χ2v) is 7.76. The summed E-state index contributed by atoms with van der Waals surface area (Å²) in [5.74, 6) is 1.28. The maximum absolute atomic E-state index is 13.1. The number of methoxy groups -OCH3 is 2. The maximum Gasteiger partial charge on any atom is 0.255 e. The van der Waals surface area contributed by atoms with Crippen molar-refractivity contribution in [3.05, 3.63) is 57.2 Å². The Morgan fingerprint density at radius 2 is 1.70 bits per heavy atom. The largest absolute Gasteiger partial charge is 0.493 e. The van der Waals surface area contributed by atoms with Gasteiger partial charge >= 0.3 is 0 Å². The van der Waals surface area contributed by atoms with Crippen molar-refractivity contribution in [2.45, 2.75) is 13.0 Å². The van der Waals surface area contributed by atoms with Gasteiger partial charge in [0.05, 0.1) is 19.8 Å². The quantitative estimate of drug-likeness (QED) is 0.613. The summed E-state index contributed by atoms with van der Waals surface area (Å²) in [6.45, 7) is 4.31. The summed E-state index contributed by atoms with van der Waals surface area (Å²) in [4.78, 5) is 17.5. The molecule has 2 aromatic rings. The molecule has 5 nitrogen and oxygen atoms in total. The zero-order valence-electron chi connectivity index (χ0n) is 15.8. The summed E-state index contributed by atoms with van der Waals surface area (Å²) in [7, 11) is 3.19. The van der Waals surface area contributed by atoms with Crippen molar-refractivity contribution in [3.63, 3.8) is 0 Å². The molecule has 6 heteroatoms. The number of halogens is 1. The molecule has 0 bridgehead atoms. The number of hydrogen-bond acceptors (Lipinski definition) is 4. The van der Waals surface area contributed by atoms with Crippen LogP contribution in [0.2, 0.25) is 0 Å². The SMILES string of the molecule is COc1cc(I)c(C(=O)N2CCCN(Cc3ccccc3)CC2)cc1OC.